The van der Waals surface area contributed by atoms with Crippen molar-refractivity contribution in [1.82, 2.24) is 0 Å². The molecule has 2 aromatic rings. The van der Waals surface area contributed by atoms with Crippen LogP contribution in [0.1, 0.15) is 42.7 Å². The smallest absolute Gasteiger partial charge is 0.200 e. The molecule has 3 rings (SSSR count). The van der Waals surface area contributed by atoms with Crippen LogP contribution in [-0.4, -0.2) is 13.7 Å². The fraction of sp³-hybridized carbons (Fsp3) is 0.429. The fourth-order valence-corrected chi connectivity index (χ4v) is 3.61. The van der Waals surface area contributed by atoms with Crippen LogP contribution in [0.4, 0.5) is 17.6 Å². The Morgan fingerprint density at radius 2 is 1.44 bits per heavy atom. The van der Waals surface area contributed by atoms with E-state index in [2.05, 4.69) is 0 Å². The van der Waals surface area contributed by atoms with Crippen LogP contribution in [0.15, 0.2) is 24.3 Å². The van der Waals surface area contributed by atoms with Gasteiger partial charge in [0.15, 0.2) is 23.1 Å². The molecule has 1 saturated carbocycles. The predicted octanol–water partition coefficient (Wildman–Crippen LogP) is 5.91. The first-order valence-electron chi connectivity index (χ1n) is 9.01. The molecule has 27 heavy (non-hydrogen) atoms. The summed E-state index contributed by atoms with van der Waals surface area (Å²) >= 11 is 0. The summed E-state index contributed by atoms with van der Waals surface area (Å²) in [5, 5.41) is 0. The van der Waals surface area contributed by atoms with E-state index in [-0.39, 0.29) is 35.5 Å². The summed E-state index contributed by atoms with van der Waals surface area (Å²) in [4.78, 5) is 0. The molecule has 0 heterocycles. The minimum absolute atomic E-state index is 0.0739. The number of ether oxygens (including phenoxy) is 2. The lowest BCUT2D eigenvalue weighted by Crippen LogP contribution is -2.20. The Morgan fingerprint density at radius 3 is 2.11 bits per heavy atom. The monoisotopic (exact) mass is 382 g/mol. The molecule has 0 spiro atoms. The number of aryl methyl sites for hydroxylation is 1. The van der Waals surface area contributed by atoms with Gasteiger partial charge in [0.25, 0.3) is 0 Å². The van der Waals surface area contributed by atoms with E-state index in [1.54, 1.807) is 6.07 Å². The third-order valence-corrected chi connectivity index (χ3v) is 5.30. The van der Waals surface area contributed by atoms with Gasteiger partial charge in [-0.15, -0.1) is 0 Å². The lowest BCUT2D eigenvalue weighted by Gasteiger charge is -2.29. The second-order valence-electron chi connectivity index (χ2n) is 7.02. The molecular formula is C21H22F4O2. The van der Waals surface area contributed by atoms with Crippen molar-refractivity contribution in [3.63, 3.8) is 0 Å². The summed E-state index contributed by atoms with van der Waals surface area (Å²) in [6.45, 7) is 1.76. The van der Waals surface area contributed by atoms with Crippen LogP contribution in [0.25, 0.3) is 0 Å². The third-order valence-electron chi connectivity index (χ3n) is 5.30. The van der Waals surface area contributed by atoms with Gasteiger partial charge in [0.1, 0.15) is 0 Å². The highest BCUT2D eigenvalue weighted by Crippen LogP contribution is 2.39. The SMILES string of the molecule is COc1ccc(C2CCC(COc3ccc(C)c(F)c3F)CC2)c(F)c1F. The van der Waals surface area contributed by atoms with Crippen molar-refractivity contribution in [2.24, 2.45) is 5.92 Å². The van der Waals surface area contributed by atoms with Gasteiger partial charge in [0.05, 0.1) is 13.7 Å². The molecule has 1 fully saturated rings. The standard InChI is InChI=1S/C21H22F4O2/c1-12-3-9-17(21(25)18(12)22)27-11-13-4-6-14(7-5-13)15-8-10-16(26-2)20(24)19(15)23/h3,8-10,13-14H,4-7,11H2,1-2H3. The summed E-state index contributed by atoms with van der Waals surface area (Å²) in [5.74, 6) is -3.79. The third kappa shape index (κ3) is 4.04. The Kier molecular flexibility index (Phi) is 5.92. The number of hydrogen-bond acceptors (Lipinski definition) is 2. The molecule has 2 aromatic carbocycles. The molecule has 146 valence electrons. The Hall–Kier alpha value is -2.24. The molecule has 0 bridgehead atoms. The first-order valence-corrected chi connectivity index (χ1v) is 9.01. The topological polar surface area (TPSA) is 18.5 Å². The summed E-state index contributed by atoms with van der Waals surface area (Å²) in [6, 6.07) is 5.92. The van der Waals surface area contributed by atoms with Gasteiger partial charge in [-0.2, -0.15) is 8.78 Å². The largest absolute Gasteiger partial charge is 0.494 e. The zero-order valence-electron chi connectivity index (χ0n) is 15.3. The lowest BCUT2D eigenvalue weighted by molar-refractivity contribution is 0.191. The summed E-state index contributed by atoms with van der Waals surface area (Å²) in [5.41, 5.74) is 0.591. The van der Waals surface area contributed by atoms with E-state index >= 15 is 0 Å². The molecular weight excluding hydrogens is 360 g/mol. The average Bonchev–Trinajstić information content (AvgIpc) is 2.68. The molecule has 1 aliphatic rings. The number of benzene rings is 2. The fourth-order valence-electron chi connectivity index (χ4n) is 3.61. The van der Waals surface area contributed by atoms with Gasteiger partial charge < -0.3 is 9.47 Å². The van der Waals surface area contributed by atoms with Crippen LogP contribution in [-0.2, 0) is 0 Å². The van der Waals surface area contributed by atoms with Crippen molar-refractivity contribution in [2.75, 3.05) is 13.7 Å². The van der Waals surface area contributed by atoms with E-state index < -0.39 is 23.3 Å². The highest BCUT2D eigenvalue weighted by molar-refractivity contribution is 5.33. The molecule has 0 unspecified atom stereocenters. The van der Waals surface area contributed by atoms with Gasteiger partial charge >= 0.3 is 0 Å². The molecule has 6 heteroatoms. The zero-order chi connectivity index (χ0) is 19.6. The Bertz CT molecular complexity index is 814. The number of rotatable bonds is 5. The van der Waals surface area contributed by atoms with Crippen LogP contribution in [0.2, 0.25) is 0 Å². The van der Waals surface area contributed by atoms with Gasteiger partial charge in [-0.25, -0.2) is 8.78 Å². The van der Waals surface area contributed by atoms with E-state index in [0.29, 0.717) is 18.4 Å². The van der Waals surface area contributed by atoms with Crippen LogP contribution in [0.3, 0.4) is 0 Å². The number of methoxy groups -OCH3 is 1. The van der Waals surface area contributed by atoms with Crippen LogP contribution in [0.5, 0.6) is 11.5 Å². The lowest BCUT2D eigenvalue weighted by atomic mass is 9.79. The maximum absolute atomic E-state index is 14.3. The second-order valence-corrected chi connectivity index (χ2v) is 7.02. The Balaban J connectivity index is 1.58. The molecule has 0 aliphatic heterocycles. The minimum atomic E-state index is -0.973. The van der Waals surface area contributed by atoms with Crippen LogP contribution in [0, 0.1) is 36.1 Å². The first-order chi connectivity index (χ1) is 12.9. The first kappa shape index (κ1) is 19.5. The van der Waals surface area contributed by atoms with Crippen molar-refractivity contribution in [3.8, 4) is 11.5 Å². The molecule has 0 amide bonds. The van der Waals surface area contributed by atoms with Crippen molar-refractivity contribution in [3.05, 3.63) is 58.7 Å². The molecule has 0 atom stereocenters. The number of hydrogen-bond donors (Lipinski definition) is 0. The zero-order valence-corrected chi connectivity index (χ0v) is 15.3. The van der Waals surface area contributed by atoms with Crippen LogP contribution < -0.4 is 9.47 Å². The maximum Gasteiger partial charge on any atom is 0.200 e. The maximum atomic E-state index is 14.3. The molecule has 2 nitrogen and oxygen atoms in total. The molecule has 1 aliphatic carbocycles. The second kappa shape index (κ2) is 8.19. The highest BCUT2D eigenvalue weighted by Gasteiger charge is 2.27. The van der Waals surface area contributed by atoms with Crippen LogP contribution >= 0.6 is 0 Å². The highest BCUT2D eigenvalue weighted by atomic mass is 19.2. The average molecular weight is 382 g/mol. The summed E-state index contributed by atoms with van der Waals surface area (Å²) < 4.78 is 65.9. The van der Waals surface area contributed by atoms with Gasteiger partial charge in [-0.3, -0.25) is 0 Å². The normalized spacial score (nSPS) is 19.8. The Labute approximate surface area is 156 Å². The van der Waals surface area contributed by atoms with Crippen molar-refractivity contribution < 1.29 is 27.0 Å². The molecule has 0 N–H and O–H groups in total. The quantitative estimate of drug-likeness (QED) is 0.598. The molecule has 0 saturated heterocycles. The molecule has 0 aromatic heterocycles. The van der Waals surface area contributed by atoms with Crippen molar-refractivity contribution >= 4 is 0 Å². The van der Waals surface area contributed by atoms with Gasteiger partial charge in [-0.05, 0) is 67.7 Å². The van der Waals surface area contributed by atoms with Crippen molar-refractivity contribution in [1.29, 1.82) is 0 Å². The van der Waals surface area contributed by atoms with E-state index in [9.17, 15) is 17.6 Å². The van der Waals surface area contributed by atoms with Gasteiger partial charge in [0, 0.05) is 0 Å². The van der Waals surface area contributed by atoms with E-state index in [4.69, 9.17) is 9.47 Å². The van der Waals surface area contributed by atoms with E-state index in [1.807, 2.05) is 0 Å². The van der Waals surface area contributed by atoms with Crippen molar-refractivity contribution in [2.45, 2.75) is 38.5 Å². The minimum Gasteiger partial charge on any atom is -0.494 e. The number of halogens is 4. The predicted molar refractivity (Wildman–Crippen MR) is 94.2 cm³/mol. The molecule has 0 radical (unpaired) electrons. The Morgan fingerprint density at radius 1 is 0.815 bits per heavy atom. The summed E-state index contributed by atoms with van der Waals surface area (Å²) in [7, 11) is 1.30. The summed E-state index contributed by atoms with van der Waals surface area (Å²) in [6.07, 6.45) is 2.85. The van der Waals surface area contributed by atoms with E-state index in [1.165, 1.54) is 32.2 Å². The van der Waals surface area contributed by atoms with Gasteiger partial charge in [0.2, 0.25) is 11.6 Å². The van der Waals surface area contributed by atoms with E-state index in [0.717, 1.165) is 12.8 Å². The van der Waals surface area contributed by atoms with Gasteiger partial charge in [-0.1, -0.05) is 12.1 Å².